The molecule has 1 aromatic rings. The van der Waals surface area contributed by atoms with Gasteiger partial charge in [0, 0.05) is 0 Å². The van der Waals surface area contributed by atoms with Crippen molar-refractivity contribution in [1.29, 1.82) is 0 Å². The first kappa shape index (κ1) is 10.6. The van der Waals surface area contributed by atoms with Crippen molar-refractivity contribution in [2.24, 2.45) is 0 Å². The Balaban J connectivity index is 2.34. The van der Waals surface area contributed by atoms with Crippen LogP contribution >= 0.6 is 17.2 Å². The normalized spacial score (nSPS) is 32.1. The fraction of sp³-hybridized carbons (Fsp3) is 0.500. The predicted octanol–water partition coefficient (Wildman–Crippen LogP) is 2.87. The van der Waals surface area contributed by atoms with Crippen LogP contribution in [0, 0.1) is 0 Å². The van der Waals surface area contributed by atoms with Crippen molar-refractivity contribution < 1.29 is 0 Å². The highest BCUT2D eigenvalue weighted by Crippen LogP contribution is 2.53. The summed E-state index contributed by atoms with van der Waals surface area (Å²) in [5, 5.41) is 3.03. The second-order valence-corrected chi connectivity index (χ2v) is 7.92. The zero-order valence-corrected chi connectivity index (χ0v) is 11.0. The van der Waals surface area contributed by atoms with Gasteiger partial charge in [-0.3, -0.25) is 0 Å². The number of benzene rings is 1. The van der Waals surface area contributed by atoms with E-state index in [1.54, 1.807) is 5.30 Å². The summed E-state index contributed by atoms with van der Waals surface area (Å²) in [6.45, 7) is 4.85. The molecule has 76 valence electrons. The standard InChI is InChI=1S/C12H18P2/c1-9-7-8-10(2)14(9)12-6-4-3-5-11(12)13/h3-6,9-10H,7-8,13H2,1-2H3. The summed E-state index contributed by atoms with van der Waals surface area (Å²) >= 11 is 0. The lowest BCUT2D eigenvalue weighted by molar-refractivity contribution is 0.777. The first-order valence-electron chi connectivity index (χ1n) is 5.33. The predicted molar refractivity (Wildman–Crippen MR) is 70.5 cm³/mol. The molecular weight excluding hydrogens is 206 g/mol. The monoisotopic (exact) mass is 224 g/mol. The van der Waals surface area contributed by atoms with Crippen molar-refractivity contribution in [3.05, 3.63) is 24.3 Å². The molecule has 1 heterocycles. The largest absolute Gasteiger partial charge is 0.105 e. The molecular formula is C12H18P2. The molecule has 1 aliphatic heterocycles. The maximum Gasteiger partial charge on any atom is -0.0164 e. The molecule has 3 unspecified atom stereocenters. The second kappa shape index (κ2) is 4.30. The summed E-state index contributed by atoms with van der Waals surface area (Å²) in [6.07, 6.45) is 2.84. The van der Waals surface area contributed by atoms with Gasteiger partial charge in [-0.05, 0) is 34.8 Å². The quantitative estimate of drug-likeness (QED) is 0.643. The van der Waals surface area contributed by atoms with Crippen molar-refractivity contribution >= 4 is 27.8 Å². The Hall–Kier alpha value is 0.0800. The van der Waals surface area contributed by atoms with E-state index in [1.807, 2.05) is 0 Å². The summed E-state index contributed by atoms with van der Waals surface area (Å²) in [5.41, 5.74) is 1.84. The second-order valence-electron chi connectivity index (χ2n) is 4.24. The van der Waals surface area contributed by atoms with E-state index in [0.717, 1.165) is 11.3 Å². The SMILES string of the molecule is CC1CCC(C)P1c1ccccc1P. The van der Waals surface area contributed by atoms with Gasteiger partial charge in [0.05, 0.1) is 0 Å². The highest BCUT2D eigenvalue weighted by molar-refractivity contribution is 7.68. The van der Waals surface area contributed by atoms with E-state index in [9.17, 15) is 0 Å². The maximum absolute atomic E-state index is 2.89. The summed E-state index contributed by atoms with van der Waals surface area (Å²) in [7, 11) is 2.99. The van der Waals surface area contributed by atoms with E-state index >= 15 is 0 Å². The molecule has 2 heteroatoms. The van der Waals surface area contributed by atoms with E-state index in [-0.39, 0.29) is 7.92 Å². The molecule has 1 aromatic carbocycles. The Morgan fingerprint density at radius 3 is 2.29 bits per heavy atom. The molecule has 0 amide bonds. The summed E-state index contributed by atoms with van der Waals surface area (Å²) in [6, 6.07) is 8.86. The molecule has 3 atom stereocenters. The average Bonchev–Trinajstić information content (AvgIpc) is 2.48. The van der Waals surface area contributed by atoms with Crippen LogP contribution in [0.25, 0.3) is 0 Å². The Kier molecular flexibility index (Phi) is 3.25. The zero-order valence-electron chi connectivity index (χ0n) is 8.90. The van der Waals surface area contributed by atoms with Gasteiger partial charge < -0.3 is 0 Å². The molecule has 0 aromatic heterocycles. The van der Waals surface area contributed by atoms with Crippen LogP contribution in [0.15, 0.2) is 24.3 Å². The molecule has 0 spiro atoms. The molecule has 1 saturated heterocycles. The van der Waals surface area contributed by atoms with E-state index in [0.29, 0.717) is 0 Å². The minimum Gasteiger partial charge on any atom is -0.105 e. The van der Waals surface area contributed by atoms with Crippen LogP contribution in [0.2, 0.25) is 0 Å². The van der Waals surface area contributed by atoms with Gasteiger partial charge in [0.15, 0.2) is 0 Å². The fourth-order valence-corrected chi connectivity index (χ4v) is 6.35. The molecule has 0 radical (unpaired) electrons. The molecule has 0 aliphatic carbocycles. The smallest absolute Gasteiger partial charge is 0.0164 e. The minimum absolute atomic E-state index is 0.0957. The Morgan fingerprint density at radius 1 is 1.14 bits per heavy atom. The minimum atomic E-state index is 0.0957. The van der Waals surface area contributed by atoms with Gasteiger partial charge in [-0.15, -0.1) is 9.24 Å². The summed E-state index contributed by atoms with van der Waals surface area (Å²) in [5.74, 6) is 0. The van der Waals surface area contributed by atoms with Crippen LogP contribution in [0.3, 0.4) is 0 Å². The lowest BCUT2D eigenvalue weighted by Gasteiger charge is -2.22. The summed E-state index contributed by atoms with van der Waals surface area (Å²) < 4.78 is 0. The van der Waals surface area contributed by atoms with Gasteiger partial charge in [-0.25, -0.2) is 0 Å². The van der Waals surface area contributed by atoms with Crippen molar-refractivity contribution in [2.45, 2.75) is 38.0 Å². The third-order valence-corrected chi connectivity index (χ3v) is 7.29. The molecule has 0 N–H and O–H groups in total. The van der Waals surface area contributed by atoms with Gasteiger partial charge in [-0.2, -0.15) is 0 Å². The van der Waals surface area contributed by atoms with Gasteiger partial charge >= 0.3 is 0 Å². The topological polar surface area (TPSA) is 0 Å². The summed E-state index contributed by atoms with van der Waals surface area (Å²) in [4.78, 5) is 0. The number of hydrogen-bond acceptors (Lipinski definition) is 0. The first-order valence-corrected chi connectivity index (χ1v) is 7.38. The molecule has 14 heavy (non-hydrogen) atoms. The molecule has 1 fully saturated rings. The van der Waals surface area contributed by atoms with Crippen molar-refractivity contribution in [3.8, 4) is 0 Å². The van der Waals surface area contributed by atoms with Crippen molar-refractivity contribution in [1.82, 2.24) is 0 Å². The van der Waals surface area contributed by atoms with E-state index in [2.05, 4.69) is 47.4 Å². The Morgan fingerprint density at radius 2 is 1.71 bits per heavy atom. The highest BCUT2D eigenvalue weighted by atomic mass is 31.1. The van der Waals surface area contributed by atoms with Crippen LogP contribution in [-0.2, 0) is 0 Å². The van der Waals surface area contributed by atoms with Crippen LogP contribution in [0.4, 0.5) is 0 Å². The lowest BCUT2D eigenvalue weighted by atomic mass is 10.2. The van der Waals surface area contributed by atoms with Crippen molar-refractivity contribution in [3.63, 3.8) is 0 Å². The van der Waals surface area contributed by atoms with E-state index in [4.69, 9.17) is 0 Å². The number of hydrogen-bond donors (Lipinski definition) is 0. The lowest BCUT2D eigenvalue weighted by Crippen LogP contribution is -2.21. The third-order valence-electron chi connectivity index (χ3n) is 3.17. The van der Waals surface area contributed by atoms with E-state index < -0.39 is 0 Å². The van der Waals surface area contributed by atoms with Crippen molar-refractivity contribution in [2.75, 3.05) is 0 Å². The molecule has 2 rings (SSSR count). The molecule has 0 saturated carbocycles. The Bertz CT molecular complexity index is 312. The number of rotatable bonds is 1. The van der Waals surface area contributed by atoms with Crippen LogP contribution in [0.5, 0.6) is 0 Å². The van der Waals surface area contributed by atoms with E-state index in [1.165, 1.54) is 18.1 Å². The fourth-order valence-electron chi connectivity index (χ4n) is 2.39. The maximum atomic E-state index is 2.89. The van der Waals surface area contributed by atoms with Crippen LogP contribution < -0.4 is 10.6 Å². The average molecular weight is 224 g/mol. The zero-order chi connectivity index (χ0) is 10.1. The first-order chi connectivity index (χ1) is 6.70. The van der Waals surface area contributed by atoms with Gasteiger partial charge in [0.25, 0.3) is 0 Å². The molecule has 1 aliphatic rings. The van der Waals surface area contributed by atoms with Crippen LogP contribution in [0.1, 0.15) is 26.7 Å². The highest BCUT2D eigenvalue weighted by Gasteiger charge is 2.31. The Labute approximate surface area is 90.4 Å². The third kappa shape index (κ3) is 1.88. The van der Waals surface area contributed by atoms with Gasteiger partial charge in [0.2, 0.25) is 0 Å². The van der Waals surface area contributed by atoms with Gasteiger partial charge in [0.1, 0.15) is 0 Å². The van der Waals surface area contributed by atoms with Gasteiger partial charge in [-0.1, -0.05) is 46.0 Å². The molecule has 0 nitrogen and oxygen atoms in total. The van der Waals surface area contributed by atoms with Crippen LogP contribution in [-0.4, -0.2) is 11.3 Å². The molecule has 0 bridgehead atoms.